The first-order valence-corrected chi connectivity index (χ1v) is 7.67. The molecule has 22 heavy (non-hydrogen) atoms. The molecule has 0 N–H and O–H groups in total. The summed E-state index contributed by atoms with van der Waals surface area (Å²) < 4.78 is 0. The highest BCUT2D eigenvalue weighted by molar-refractivity contribution is 6.05. The van der Waals surface area contributed by atoms with E-state index in [4.69, 9.17) is 10.4 Å². The summed E-state index contributed by atoms with van der Waals surface area (Å²) in [6, 6.07) is 19.0. The third-order valence-corrected chi connectivity index (χ3v) is 4.80. The summed E-state index contributed by atoms with van der Waals surface area (Å²) in [5, 5.41) is 15.9. The van der Waals surface area contributed by atoms with Crippen molar-refractivity contribution in [3.05, 3.63) is 70.8 Å². The zero-order valence-corrected chi connectivity index (χ0v) is 12.5. The van der Waals surface area contributed by atoms with Crippen LogP contribution in [-0.2, 0) is 6.42 Å². The first-order chi connectivity index (χ1) is 10.8. The zero-order valence-electron chi connectivity index (χ0n) is 12.5. The van der Waals surface area contributed by atoms with Crippen LogP contribution in [0.3, 0.4) is 0 Å². The molecule has 1 aliphatic carbocycles. The molecule has 0 amide bonds. The fraction of sp³-hybridized carbons (Fsp3) is 0.263. The van der Waals surface area contributed by atoms with Crippen LogP contribution in [0.25, 0.3) is 0 Å². The van der Waals surface area contributed by atoms with Gasteiger partial charge < -0.3 is 0 Å². The quantitative estimate of drug-likeness (QED) is 0.805. The first-order valence-electron chi connectivity index (χ1n) is 7.67. The minimum Gasteiger partial charge on any atom is -0.292 e. The van der Waals surface area contributed by atoms with Crippen LogP contribution in [0.2, 0.25) is 0 Å². The Balaban J connectivity index is 1.72. The number of rotatable bonds is 1. The molecular weight excluding hydrogens is 270 g/mol. The topological polar surface area (TPSA) is 39.4 Å². The third kappa shape index (κ3) is 1.92. The Hall–Kier alpha value is -2.60. The van der Waals surface area contributed by atoms with Crippen LogP contribution in [0, 0.1) is 17.2 Å². The fourth-order valence-corrected chi connectivity index (χ4v) is 3.77. The molecule has 2 aliphatic rings. The van der Waals surface area contributed by atoms with Crippen molar-refractivity contribution in [1.29, 1.82) is 5.26 Å². The molecule has 0 fully saturated rings. The Morgan fingerprint density at radius 2 is 1.91 bits per heavy atom. The van der Waals surface area contributed by atoms with Gasteiger partial charge in [-0.3, -0.25) is 5.01 Å². The first kappa shape index (κ1) is 13.1. The van der Waals surface area contributed by atoms with Crippen molar-refractivity contribution in [2.75, 3.05) is 7.05 Å². The van der Waals surface area contributed by atoms with Gasteiger partial charge in [0.25, 0.3) is 0 Å². The van der Waals surface area contributed by atoms with E-state index in [2.05, 4.69) is 54.5 Å². The predicted molar refractivity (Wildman–Crippen MR) is 86.5 cm³/mol. The number of benzene rings is 2. The van der Waals surface area contributed by atoms with Crippen LogP contribution in [0.15, 0.2) is 53.6 Å². The zero-order chi connectivity index (χ0) is 15.1. The molecular formula is C19H17N3. The van der Waals surface area contributed by atoms with Crippen molar-refractivity contribution in [1.82, 2.24) is 5.01 Å². The molecule has 3 heteroatoms. The van der Waals surface area contributed by atoms with E-state index in [1.165, 1.54) is 22.4 Å². The molecule has 3 nitrogen and oxygen atoms in total. The molecule has 2 aromatic carbocycles. The van der Waals surface area contributed by atoms with Crippen LogP contribution in [0.5, 0.6) is 0 Å². The van der Waals surface area contributed by atoms with Gasteiger partial charge >= 0.3 is 0 Å². The number of hydrogen-bond acceptors (Lipinski definition) is 3. The summed E-state index contributed by atoms with van der Waals surface area (Å²) in [5.74, 6) is 0.438. The second-order valence-corrected chi connectivity index (χ2v) is 6.04. The monoisotopic (exact) mass is 287 g/mol. The molecule has 0 unspecified atom stereocenters. The van der Waals surface area contributed by atoms with Crippen LogP contribution < -0.4 is 0 Å². The maximum absolute atomic E-state index is 8.96. The van der Waals surface area contributed by atoms with Crippen molar-refractivity contribution in [3.8, 4) is 6.07 Å². The lowest BCUT2D eigenvalue weighted by molar-refractivity contribution is 0.244. The largest absolute Gasteiger partial charge is 0.292 e. The summed E-state index contributed by atoms with van der Waals surface area (Å²) in [5.41, 5.74) is 5.89. The summed E-state index contributed by atoms with van der Waals surface area (Å²) in [4.78, 5) is 0. The highest BCUT2D eigenvalue weighted by Gasteiger charge is 2.39. The van der Waals surface area contributed by atoms with Gasteiger partial charge in [-0.1, -0.05) is 36.4 Å². The van der Waals surface area contributed by atoms with Crippen molar-refractivity contribution in [3.63, 3.8) is 0 Å². The summed E-state index contributed by atoms with van der Waals surface area (Å²) >= 11 is 0. The van der Waals surface area contributed by atoms with Gasteiger partial charge in [-0.05, 0) is 36.1 Å². The van der Waals surface area contributed by atoms with E-state index in [1.807, 2.05) is 12.1 Å². The molecule has 0 bridgehead atoms. The van der Waals surface area contributed by atoms with Crippen molar-refractivity contribution >= 4 is 5.71 Å². The number of nitriles is 1. The summed E-state index contributed by atoms with van der Waals surface area (Å²) in [6.45, 7) is 0. The molecule has 2 atom stereocenters. The minimum absolute atomic E-state index is 0.274. The Morgan fingerprint density at radius 3 is 2.68 bits per heavy atom. The number of hydrazone groups is 1. The second-order valence-electron chi connectivity index (χ2n) is 6.04. The van der Waals surface area contributed by atoms with Gasteiger partial charge in [0.15, 0.2) is 0 Å². The molecule has 0 saturated carbocycles. The molecule has 0 aromatic heterocycles. The molecule has 4 rings (SSSR count). The van der Waals surface area contributed by atoms with Gasteiger partial charge in [0.2, 0.25) is 0 Å². The normalized spacial score (nSPS) is 22.5. The van der Waals surface area contributed by atoms with E-state index >= 15 is 0 Å². The van der Waals surface area contributed by atoms with E-state index in [0.717, 1.165) is 12.8 Å². The van der Waals surface area contributed by atoms with Crippen LogP contribution in [-0.4, -0.2) is 17.8 Å². The van der Waals surface area contributed by atoms with Gasteiger partial charge in [0.05, 0.1) is 23.4 Å². The van der Waals surface area contributed by atoms with Crippen LogP contribution >= 0.6 is 0 Å². The summed E-state index contributed by atoms with van der Waals surface area (Å²) in [6.07, 6.45) is 2.24. The Labute approximate surface area is 130 Å². The molecule has 108 valence electrons. The minimum atomic E-state index is 0.274. The summed E-state index contributed by atoms with van der Waals surface area (Å²) in [7, 11) is 2.05. The molecule has 1 aliphatic heterocycles. The molecule has 0 radical (unpaired) electrons. The van der Waals surface area contributed by atoms with Gasteiger partial charge in [-0.25, -0.2) is 0 Å². The standard InChI is InChI=1S/C19H17N3/c1-22-19(15-8-6-13(12-20)7-9-15)17-11-10-14-4-2-3-5-16(14)18(17)21-22/h2-9,17,19H,10-11H2,1H3/t17-,19-/m0/s1. The number of aryl methyl sites for hydroxylation is 1. The Kier molecular flexibility index (Phi) is 2.97. The smallest absolute Gasteiger partial charge is 0.0991 e. The van der Waals surface area contributed by atoms with E-state index in [0.29, 0.717) is 11.5 Å². The SMILES string of the molecule is CN1N=C2c3ccccc3CC[C@@H]2[C@@H]1c1ccc(C#N)cc1. The van der Waals surface area contributed by atoms with Crippen molar-refractivity contribution in [2.24, 2.45) is 11.0 Å². The maximum Gasteiger partial charge on any atom is 0.0991 e. The lowest BCUT2D eigenvalue weighted by Crippen LogP contribution is -2.27. The molecule has 1 heterocycles. The average Bonchev–Trinajstić information content (AvgIpc) is 2.91. The second kappa shape index (κ2) is 4.99. The highest BCUT2D eigenvalue weighted by atomic mass is 15.5. The third-order valence-electron chi connectivity index (χ3n) is 4.80. The van der Waals surface area contributed by atoms with E-state index in [9.17, 15) is 0 Å². The van der Waals surface area contributed by atoms with Gasteiger partial charge in [0, 0.05) is 18.5 Å². The average molecular weight is 287 g/mol. The Morgan fingerprint density at radius 1 is 1.14 bits per heavy atom. The lowest BCUT2D eigenvalue weighted by Gasteiger charge is -2.29. The van der Waals surface area contributed by atoms with Gasteiger partial charge in [-0.2, -0.15) is 10.4 Å². The van der Waals surface area contributed by atoms with Crippen LogP contribution in [0.1, 0.15) is 34.7 Å². The molecule has 0 spiro atoms. The molecule has 0 saturated heterocycles. The number of fused-ring (bicyclic) bond motifs is 3. The van der Waals surface area contributed by atoms with Gasteiger partial charge in [0.1, 0.15) is 0 Å². The van der Waals surface area contributed by atoms with E-state index < -0.39 is 0 Å². The Bertz CT molecular complexity index is 783. The highest BCUT2D eigenvalue weighted by Crippen LogP contribution is 2.42. The van der Waals surface area contributed by atoms with Crippen molar-refractivity contribution in [2.45, 2.75) is 18.9 Å². The fourth-order valence-electron chi connectivity index (χ4n) is 3.77. The number of nitrogens with zero attached hydrogens (tertiary/aromatic N) is 3. The van der Waals surface area contributed by atoms with E-state index in [-0.39, 0.29) is 6.04 Å². The van der Waals surface area contributed by atoms with Crippen molar-refractivity contribution < 1.29 is 0 Å². The number of hydrogen-bond donors (Lipinski definition) is 0. The maximum atomic E-state index is 8.96. The van der Waals surface area contributed by atoms with Crippen LogP contribution in [0.4, 0.5) is 0 Å². The molecule has 2 aromatic rings. The predicted octanol–water partition coefficient (Wildman–Crippen LogP) is 3.51. The lowest BCUT2D eigenvalue weighted by atomic mass is 9.77. The van der Waals surface area contributed by atoms with Gasteiger partial charge in [-0.15, -0.1) is 0 Å². The van der Waals surface area contributed by atoms with E-state index in [1.54, 1.807) is 0 Å².